The van der Waals surface area contributed by atoms with E-state index in [9.17, 15) is 0 Å². The Morgan fingerprint density at radius 1 is 1.18 bits per heavy atom. The lowest BCUT2D eigenvalue weighted by molar-refractivity contribution is 0.256. The van der Waals surface area contributed by atoms with Crippen molar-refractivity contribution in [2.45, 2.75) is 49.8 Å². The number of thioether (sulfide) groups is 1. The number of halogens is 1. The molecule has 0 bridgehead atoms. The summed E-state index contributed by atoms with van der Waals surface area (Å²) in [6.07, 6.45) is 8.47. The van der Waals surface area contributed by atoms with Crippen LogP contribution in [0.3, 0.4) is 0 Å². The summed E-state index contributed by atoms with van der Waals surface area (Å²) in [4.78, 5) is 7.05. The largest absolute Gasteiger partial charge is 0.355 e. The van der Waals surface area contributed by atoms with Gasteiger partial charge in [-0.3, -0.25) is 9.89 Å². The maximum absolute atomic E-state index is 4.35. The number of guanidine groups is 1. The molecule has 128 valence electrons. The first-order valence-corrected chi connectivity index (χ1v) is 9.70. The minimum atomic E-state index is 0. The Morgan fingerprint density at radius 2 is 2.00 bits per heavy atom. The van der Waals surface area contributed by atoms with Gasteiger partial charge in [0.15, 0.2) is 5.96 Å². The molecule has 0 aromatic rings. The molecule has 0 aromatic heterocycles. The maximum atomic E-state index is 4.35. The van der Waals surface area contributed by atoms with E-state index in [0.29, 0.717) is 0 Å². The molecule has 1 saturated heterocycles. The Kier molecular flexibility index (Phi) is 8.11. The average molecular weight is 438 g/mol. The summed E-state index contributed by atoms with van der Waals surface area (Å²) >= 11 is 2.10. The molecule has 3 rings (SSSR count). The van der Waals surface area contributed by atoms with Crippen molar-refractivity contribution in [2.75, 3.05) is 39.0 Å². The smallest absolute Gasteiger partial charge is 0.191 e. The highest BCUT2D eigenvalue weighted by molar-refractivity contribution is 14.0. The van der Waals surface area contributed by atoms with E-state index in [-0.39, 0.29) is 24.0 Å². The highest BCUT2D eigenvalue weighted by atomic mass is 127. The molecule has 1 unspecified atom stereocenters. The van der Waals surface area contributed by atoms with Crippen LogP contribution >= 0.6 is 35.7 Å². The van der Waals surface area contributed by atoms with Gasteiger partial charge in [0.05, 0.1) is 0 Å². The molecule has 22 heavy (non-hydrogen) atoms. The second-order valence-electron chi connectivity index (χ2n) is 6.68. The van der Waals surface area contributed by atoms with Crippen LogP contribution in [0, 0.1) is 5.92 Å². The second-order valence-corrected chi connectivity index (χ2v) is 8.09. The number of nitrogens with one attached hydrogen (secondary N) is 2. The SMILES string of the molecule is CN=C(NCCN(CC1CC1)C1CC1)NCC1CCCS1.I. The van der Waals surface area contributed by atoms with E-state index in [1.54, 1.807) is 0 Å². The van der Waals surface area contributed by atoms with Gasteiger partial charge in [0, 0.05) is 44.5 Å². The van der Waals surface area contributed by atoms with Gasteiger partial charge < -0.3 is 10.6 Å². The van der Waals surface area contributed by atoms with Crippen molar-refractivity contribution in [1.82, 2.24) is 15.5 Å². The maximum Gasteiger partial charge on any atom is 0.191 e. The normalized spacial score (nSPS) is 25.2. The van der Waals surface area contributed by atoms with Crippen LogP contribution in [0.1, 0.15) is 38.5 Å². The van der Waals surface area contributed by atoms with Gasteiger partial charge in [-0.15, -0.1) is 24.0 Å². The van der Waals surface area contributed by atoms with Gasteiger partial charge in [-0.25, -0.2) is 0 Å². The van der Waals surface area contributed by atoms with Crippen molar-refractivity contribution >= 4 is 41.7 Å². The van der Waals surface area contributed by atoms with E-state index in [1.807, 2.05) is 7.05 Å². The van der Waals surface area contributed by atoms with Crippen molar-refractivity contribution in [3.63, 3.8) is 0 Å². The fraction of sp³-hybridized carbons (Fsp3) is 0.938. The zero-order valence-electron chi connectivity index (χ0n) is 13.7. The summed E-state index contributed by atoms with van der Waals surface area (Å²) in [7, 11) is 1.87. The molecule has 0 aromatic carbocycles. The van der Waals surface area contributed by atoms with Crippen LogP contribution in [0.5, 0.6) is 0 Å². The van der Waals surface area contributed by atoms with Gasteiger partial charge in [-0.05, 0) is 50.2 Å². The van der Waals surface area contributed by atoms with Crippen LogP contribution in [0.2, 0.25) is 0 Å². The number of hydrogen-bond acceptors (Lipinski definition) is 3. The van der Waals surface area contributed by atoms with Crippen LogP contribution in [-0.2, 0) is 0 Å². The van der Waals surface area contributed by atoms with Crippen LogP contribution < -0.4 is 10.6 Å². The molecule has 1 heterocycles. The van der Waals surface area contributed by atoms with Crippen molar-refractivity contribution < 1.29 is 0 Å². The predicted octanol–water partition coefficient (Wildman–Crippen LogP) is 2.54. The van der Waals surface area contributed by atoms with E-state index >= 15 is 0 Å². The average Bonchev–Trinajstić information content (AvgIpc) is 3.42. The standard InChI is InChI=1S/C16H30N4S.HI/c1-17-16(19-11-15-3-2-10-21-15)18-8-9-20(14-6-7-14)12-13-4-5-13;/h13-15H,2-12H2,1H3,(H2,17,18,19);1H. The predicted molar refractivity (Wildman–Crippen MR) is 108 cm³/mol. The van der Waals surface area contributed by atoms with E-state index in [4.69, 9.17) is 0 Å². The highest BCUT2D eigenvalue weighted by Crippen LogP contribution is 2.34. The zero-order valence-corrected chi connectivity index (χ0v) is 16.9. The summed E-state index contributed by atoms with van der Waals surface area (Å²) < 4.78 is 0. The minimum absolute atomic E-state index is 0. The molecular weight excluding hydrogens is 407 g/mol. The van der Waals surface area contributed by atoms with Crippen LogP contribution in [0.25, 0.3) is 0 Å². The summed E-state index contributed by atoms with van der Waals surface area (Å²) in [6.45, 7) is 4.57. The molecule has 6 heteroatoms. The molecule has 2 N–H and O–H groups in total. The third-order valence-electron chi connectivity index (χ3n) is 4.69. The number of hydrogen-bond donors (Lipinski definition) is 2. The van der Waals surface area contributed by atoms with Crippen molar-refractivity contribution in [2.24, 2.45) is 10.9 Å². The van der Waals surface area contributed by atoms with Gasteiger partial charge in [0.2, 0.25) is 0 Å². The lowest BCUT2D eigenvalue weighted by atomic mass is 10.2. The lowest BCUT2D eigenvalue weighted by Crippen LogP contribution is -2.44. The van der Waals surface area contributed by atoms with Gasteiger partial charge in [-0.2, -0.15) is 11.8 Å². The lowest BCUT2D eigenvalue weighted by Gasteiger charge is -2.23. The Labute approximate surface area is 156 Å². The molecule has 2 aliphatic carbocycles. The Hall–Kier alpha value is 0.310. The monoisotopic (exact) mass is 438 g/mol. The third kappa shape index (κ3) is 6.43. The Morgan fingerprint density at radius 3 is 2.59 bits per heavy atom. The summed E-state index contributed by atoms with van der Waals surface area (Å²) in [5.41, 5.74) is 0. The van der Waals surface area contributed by atoms with Gasteiger partial charge in [0.25, 0.3) is 0 Å². The molecule has 0 spiro atoms. The fourth-order valence-corrected chi connectivity index (χ4v) is 4.25. The number of nitrogens with zero attached hydrogens (tertiary/aromatic N) is 2. The van der Waals surface area contributed by atoms with Crippen LogP contribution in [-0.4, -0.2) is 61.1 Å². The van der Waals surface area contributed by atoms with E-state index in [0.717, 1.165) is 36.3 Å². The molecule has 3 aliphatic rings. The molecule has 4 nitrogen and oxygen atoms in total. The zero-order chi connectivity index (χ0) is 14.5. The van der Waals surface area contributed by atoms with Gasteiger partial charge >= 0.3 is 0 Å². The van der Waals surface area contributed by atoms with Gasteiger partial charge in [-0.1, -0.05) is 0 Å². The molecule has 1 aliphatic heterocycles. The summed E-state index contributed by atoms with van der Waals surface area (Å²) in [6, 6.07) is 0.886. The first kappa shape index (κ1) is 18.6. The molecular formula is C16H31IN4S. The van der Waals surface area contributed by atoms with E-state index < -0.39 is 0 Å². The Bertz CT molecular complexity index is 352. The topological polar surface area (TPSA) is 39.7 Å². The van der Waals surface area contributed by atoms with Crippen molar-refractivity contribution in [3.8, 4) is 0 Å². The Balaban J connectivity index is 0.00000176. The van der Waals surface area contributed by atoms with E-state index in [2.05, 4.69) is 32.3 Å². The number of aliphatic imine (C=N–C) groups is 1. The quantitative estimate of drug-likeness (QED) is 0.347. The fourth-order valence-electron chi connectivity index (χ4n) is 3.05. The second kappa shape index (κ2) is 9.57. The first-order chi connectivity index (χ1) is 10.3. The summed E-state index contributed by atoms with van der Waals surface area (Å²) in [5.74, 6) is 3.31. The van der Waals surface area contributed by atoms with Crippen molar-refractivity contribution in [3.05, 3.63) is 0 Å². The van der Waals surface area contributed by atoms with Crippen molar-refractivity contribution in [1.29, 1.82) is 0 Å². The first-order valence-electron chi connectivity index (χ1n) is 8.65. The van der Waals surface area contributed by atoms with E-state index in [1.165, 1.54) is 57.4 Å². The third-order valence-corrected chi connectivity index (χ3v) is 6.09. The van der Waals surface area contributed by atoms with Gasteiger partial charge in [0.1, 0.15) is 0 Å². The molecule has 2 saturated carbocycles. The molecule has 0 radical (unpaired) electrons. The molecule has 3 fully saturated rings. The minimum Gasteiger partial charge on any atom is -0.355 e. The van der Waals surface area contributed by atoms with Crippen LogP contribution in [0.4, 0.5) is 0 Å². The molecule has 1 atom stereocenters. The number of rotatable bonds is 8. The summed E-state index contributed by atoms with van der Waals surface area (Å²) in [5, 5.41) is 7.75. The molecule has 0 amide bonds. The van der Waals surface area contributed by atoms with Crippen LogP contribution in [0.15, 0.2) is 4.99 Å². The highest BCUT2D eigenvalue weighted by Gasteiger charge is 2.33.